The second-order valence-corrected chi connectivity index (χ2v) is 7.02. The van der Waals surface area contributed by atoms with E-state index in [9.17, 15) is 14.4 Å². The molecule has 0 bridgehead atoms. The Hall–Kier alpha value is -2.57. The topological polar surface area (TPSA) is 78.9 Å². The van der Waals surface area contributed by atoms with Crippen LogP contribution in [-0.2, 0) is 34.4 Å². The summed E-state index contributed by atoms with van der Waals surface area (Å²) in [4.78, 5) is 34.1. The van der Waals surface area contributed by atoms with Crippen molar-refractivity contribution in [3.05, 3.63) is 59.7 Å². The third-order valence-electron chi connectivity index (χ3n) is 4.03. The minimum Gasteiger partial charge on any atom is -0.462 e. The SMILES string of the molecule is CC(C)(C)C1=CC(=O)C=CC1=O.CCOC(=O)C(OC)(OC)c1ccccc1. The molecule has 0 saturated carbocycles. The third kappa shape index (κ3) is 5.71. The van der Waals surface area contributed by atoms with Gasteiger partial charge in [-0.3, -0.25) is 9.59 Å². The van der Waals surface area contributed by atoms with E-state index in [1.807, 2.05) is 26.8 Å². The maximum absolute atomic E-state index is 11.9. The molecule has 6 nitrogen and oxygen atoms in total. The molecule has 0 aliphatic heterocycles. The molecule has 1 aromatic rings. The molecule has 2 rings (SSSR count). The number of hydrogen-bond donors (Lipinski definition) is 0. The molecule has 1 aromatic carbocycles. The number of ketones is 2. The molecule has 0 saturated heterocycles. The molecule has 0 N–H and O–H groups in total. The van der Waals surface area contributed by atoms with Crippen LogP contribution < -0.4 is 0 Å². The van der Waals surface area contributed by atoms with Crippen LogP contribution in [-0.4, -0.2) is 38.4 Å². The maximum atomic E-state index is 11.9. The molecule has 0 radical (unpaired) electrons. The summed E-state index contributed by atoms with van der Waals surface area (Å²) in [5, 5.41) is 0. The Morgan fingerprint density at radius 3 is 1.96 bits per heavy atom. The number of carbonyl (C=O) groups is 3. The average molecular weight is 388 g/mol. The highest BCUT2D eigenvalue weighted by Crippen LogP contribution is 2.28. The first-order chi connectivity index (χ1) is 13.1. The molecule has 0 fully saturated rings. The van der Waals surface area contributed by atoms with E-state index in [2.05, 4.69) is 0 Å². The first kappa shape index (κ1) is 23.5. The fourth-order valence-electron chi connectivity index (χ4n) is 2.58. The van der Waals surface area contributed by atoms with Crippen molar-refractivity contribution < 1.29 is 28.6 Å². The third-order valence-corrected chi connectivity index (χ3v) is 4.03. The van der Waals surface area contributed by atoms with Gasteiger partial charge in [0.1, 0.15) is 0 Å². The normalized spacial score (nSPS) is 14.1. The van der Waals surface area contributed by atoms with Gasteiger partial charge >= 0.3 is 5.97 Å². The molecule has 1 aliphatic carbocycles. The number of carbonyl (C=O) groups excluding carboxylic acids is 3. The van der Waals surface area contributed by atoms with E-state index in [1.54, 1.807) is 31.2 Å². The van der Waals surface area contributed by atoms with Crippen LogP contribution in [0.1, 0.15) is 33.3 Å². The number of ether oxygens (including phenoxy) is 3. The molecular formula is C22H28O6. The molecule has 1 aliphatic rings. The maximum Gasteiger partial charge on any atom is 0.372 e. The van der Waals surface area contributed by atoms with E-state index >= 15 is 0 Å². The summed E-state index contributed by atoms with van der Waals surface area (Å²) in [5.41, 5.74) is 0.964. The second kappa shape index (κ2) is 10.1. The zero-order chi connectivity index (χ0) is 21.4. The van der Waals surface area contributed by atoms with Crippen molar-refractivity contribution in [2.75, 3.05) is 20.8 Å². The summed E-state index contributed by atoms with van der Waals surface area (Å²) < 4.78 is 15.3. The van der Waals surface area contributed by atoms with Crippen molar-refractivity contribution in [2.24, 2.45) is 5.41 Å². The van der Waals surface area contributed by atoms with Crippen molar-refractivity contribution in [1.82, 2.24) is 0 Å². The van der Waals surface area contributed by atoms with E-state index in [0.717, 1.165) is 0 Å². The summed E-state index contributed by atoms with van der Waals surface area (Å²) in [6.45, 7) is 7.77. The van der Waals surface area contributed by atoms with Gasteiger partial charge in [-0.25, -0.2) is 4.79 Å². The van der Waals surface area contributed by atoms with Crippen molar-refractivity contribution in [3.8, 4) is 0 Å². The van der Waals surface area contributed by atoms with Crippen LogP contribution in [0.5, 0.6) is 0 Å². The van der Waals surface area contributed by atoms with Crippen molar-refractivity contribution in [3.63, 3.8) is 0 Å². The average Bonchev–Trinajstić information content (AvgIpc) is 2.66. The predicted molar refractivity (Wildman–Crippen MR) is 105 cm³/mol. The summed E-state index contributed by atoms with van der Waals surface area (Å²) in [6.07, 6.45) is 4.06. The molecule has 0 atom stereocenters. The number of esters is 1. The Morgan fingerprint density at radius 1 is 0.964 bits per heavy atom. The van der Waals surface area contributed by atoms with Crippen LogP contribution in [0.4, 0.5) is 0 Å². The van der Waals surface area contributed by atoms with Gasteiger partial charge in [0.15, 0.2) is 11.6 Å². The van der Waals surface area contributed by atoms with Crippen LogP contribution in [0.2, 0.25) is 0 Å². The lowest BCUT2D eigenvalue weighted by atomic mass is 9.81. The Kier molecular flexibility index (Phi) is 8.47. The van der Waals surface area contributed by atoms with Crippen molar-refractivity contribution in [1.29, 1.82) is 0 Å². The number of methoxy groups -OCH3 is 2. The largest absolute Gasteiger partial charge is 0.462 e. The molecule has 0 aromatic heterocycles. The molecule has 0 heterocycles. The summed E-state index contributed by atoms with van der Waals surface area (Å²) in [6, 6.07) is 8.97. The minimum atomic E-state index is -1.47. The van der Waals surface area contributed by atoms with E-state index < -0.39 is 11.8 Å². The van der Waals surface area contributed by atoms with Gasteiger partial charge in [0.2, 0.25) is 0 Å². The number of rotatable bonds is 5. The smallest absolute Gasteiger partial charge is 0.372 e. The van der Waals surface area contributed by atoms with E-state index in [-0.39, 0.29) is 23.6 Å². The molecule has 152 valence electrons. The molecule has 6 heteroatoms. The van der Waals surface area contributed by atoms with Crippen LogP contribution in [0.25, 0.3) is 0 Å². The summed E-state index contributed by atoms with van der Waals surface area (Å²) in [7, 11) is 2.82. The monoisotopic (exact) mass is 388 g/mol. The quantitative estimate of drug-likeness (QED) is 0.437. The standard InChI is InChI=1S/C12H16O4.C10H12O2/c1-4-16-11(13)12(14-2,15-3)10-8-6-5-7-9-10;1-10(2,3)8-6-7(11)4-5-9(8)12/h5-9H,4H2,1-3H3;4-6H,1-3H3. The van der Waals surface area contributed by atoms with Crippen LogP contribution in [0.3, 0.4) is 0 Å². The number of benzene rings is 1. The fraction of sp³-hybridized carbons (Fsp3) is 0.409. The highest BCUT2D eigenvalue weighted by Gasteiger charge is 2.42. The van der Waals surface area contributed by atoms with Gasteiger partial charge in [0.25, 0.3) is 5.79 Å². The minimum absolute atomic E-state index is 0.0536. The van der Waals surface area contributed by atoms with Gasteiger partial charge in [-0.1, -0.05) is 51.1 Å². The van der Waals surface area contributed by atoms with E-state index in [0.29, 0.717) is 11.1 Å². The first-order valence-electron chi connectivity index (χ1n) is 8.94. The summed E-state index contributed by atoms with van der Waals surface area (Å²) >= 11 is 0. The van der Waals surface area contributed by atoms with Gasteiger partial charge in [-0.15, -0.1) is 0 Å². The predicted octanol–water partition coefficient (Wildman–Crippen LogP) is 3.36. The summed E-state index contributed by atoms with van der Waals surface area (Å²) in [5.74, 6) is -2.18. The van der Waals surface area contributed by atoms with Crippen LogP contribution in [0, 0.1) is 5.41 Å². The van der Waals surface area contributed by atoms with Crippen molar-refractivity contribution >= 4 is 17.5 Å². The Balaban J connectivity index is 0.000000292. The molecule has 0 amide bonds. The van der Waals surface area contributed by atoms with Crippen LogP contribution >= 0.6 is 0 Å². The Morgan fingerprint density at radius 2 is 1.54 bits per heavy atom. The molecular weight excluding hydrogens is 360 g/mol. The van der Waals surface area contributed by atoms with Gasteiger partial charge in [0.05, 0.1) is 6.61 Å². The molecule has 0 spiro atoms. The van der Waals surface area contributed by atoms with Crippen molar-refractivity contribution in [2.45, 2.75) is 33.5 Å². The fourth-order valence-corrected chi connectivity index (χ4v) is 2.58. The molecule has 28 heavy (non-hydrogen) atoms. The van der Waals surface area contributed by atoms with Crippen LogP contribution in [0.15, 0.2) is 54.1 Å². The first-order valence-corrected chi connectivity index (χ1v) is 8.94. The zero-order valence-electron chi connectivity index (χ0n) is 17.3. The highest BCUT2D eigenvalue weighted by atomic mass is 16.7. The number of hydrogen-bond acceptors (Lipinski definition) is 6. The van der Waals surface area contributed by atoms with E-state index in [1.165, 1.54) is 32.4 Å². The Bertz CT molecular complexity index is 749. The van der Waals surface area contributed by atoms with Gasteiger partial charge in [-0.2, -0.15) is 0 Å². The van der Waals surface area contributed by atoms with Gasteiger partial charge in [-0.05, 0) is 30.6 Å². The lowest BCUT2D eigenvalue weighted by Gasteiger charge is -2.28. The van der Waals surface area contributed by atoms with Gasteiger partial charge in [0, 0.05) is 25.4 Å². The van der Waals surface area contributed by atoms with E-state index in [4.69, 9.17) is 14.2 Å². The highest BCUT2D eigenvalue weighted by molar-refractivity contribution is 6.17. The lowest BCUT2D eigenvalue weighted by Crippen LogP contribution is -2.41. The number of allylic oxidation sites excluding steroid dienone is 4. The molecule has 0 unspecified atom stereocenters. The van der Waals surface area contributed by atoms with Gasteiger partial charge < -0.3 is 14.2 Å². The zero-order valence-corrected chi connectivity index (χ0v) is 17.3. The second-order valence-electron chi connectivity index (χ2n) is 7.02. The lowest BCUT2D eigenvalue weighted by molar-refractivity contribution is -0.235. The Labute approximate surface area is 166 Å².